The average Bonchev–Trinajstić information content (AvgIpc) is 2.92. The van der Waals surface area contributed by atoms with Crippen LogP contribution in [0, 0.1) is 5.92 Å². The van der Waals surface area contributed by atoms with Crippen molar-refractivity contribution in [3.05, 3.63) is 59.7 Å². The highest BCUT2D eigenvalue weighted by atomic mass is 16.4. The number of carboxylic acid groups (broad SMARTS) is 1. The molecular formula is C29H41N5O7. The summed E-state index contributed by atoms with van der Waals surface area (Å²) in [6, 6.07) is 7.89. The van der Waals surface area contributed by atoms with Crippen LogP contribution in [0.2, 0.25) is 0 Å². The Hall–Kier alpha value is -4.16. The second-order valence-corrected chi connectivity index (χ2v) is 10.3. The smallest absolute Gasteiger partial charge is 0.326 e. The van der Waals surface area contributed by atoms with Crippen molar-refractivity contribution in [2.75, 3.05) is 6.54 Å². The summed E-state index contributed by atoms with van der Waals surface area (Å²) in [5, 5.41) is 36.5. The maximum Gasteiger partial charge on any atom is 0.326 e. The van der Waals surface area contributed by atoms with Crippen LogP contribution in [0.3, 0.4) is 0 Å². The number of nitrogens with one attached hydrogen (secondary N) is 3. The first kappa shape index (κ1) is 33.0. The van der Waals surface area contributed by atoms with Gasteiger partial charge in [-0.25, -0.2) is 4.79 Å². The van der Waals surface area contributed by atoms with Crippen molar-refractivity contribution in [3.63, 3.8) is 0 Å². The van der Waals surface area contributed by atoms with Gasteiger partial charge in [-0.2, -0.15) is 0 Å². The molecule has 0 fully saturated rings. The number of nitrogens with two attached hydrogens (primary N) is 2. The summed E-state index contributed by atoms with van der Waals surface area (Å²) in [4.78, 5) is 51.2. The number of unbranched alkanes of at least 4 members (excludes halogenated alkanes) is 1. The van der Waals surface area contributed by atoms with Gasteiger partial charge in [-0.3, -0.25) is 14.4 Å². The number of phenolic OH excluding ortho intramolecular Hbond substituents is 2. The number of hydrogen-bond donors (Lipinski definition) is 8. The van der Waals surface area contributed by atoms with Gasteiger partial charge >= 0.3 is 5.97 Å². The molecule has 3 amide bonds. The van der Waals surface area contributed by atoms with Crippen molar-refractivity contribution in [2.24, 2.45) is 17.4 Å². The zero-order valence-corrected chi connectivity index (χ0v) is 23.4. The highest BCUT2D eigenvalue weighted by Gasteiger charge is 2.31. The molecule has 0 aliphatic carbocycles. The standard InChI is InChI=1S/C29H41N5O7/c1-17(2)25(34-26(37)22(31)15-18-6-10-20(35)11-7-18)28(39)32-23(5-3-4-14-30)27(38)33-24(29(40)41)16-19-8-12-21(36)13-9-19/h6-13,17,22-25,35-36H,3-5,14-16,30-31H2,1-2H3,(H,32,39)(H,33,38)(H,34,37)(H,40,41). The van der Waals surface area contributed by atoms with Crippen molar-refractivity contribution in [3.8, 4) is 11.5 Å². The first-order valence-electron chi connectivity index (χ1n) is 13.6. The molecule has 12 nitrogen and oxygen atoms in total. The minimum Gasteiger partial charge on any atom is -0.508 e. The number of amides is 3. The Morgan fingerprint density at radius 3 is 1.73 bits per heavy atom. The van der Waals surface area contributed by atoms with E-state index < -0.39 is 47.9 Å². The molecule has 224 valence electrons. The lowest BCUT2D eigenvalue weighted by Gasteiger charge is -2.27. The molecule has 4 atom stereocenters. The van der Waals surface area contributed by atoms with Crippen molar-refractivity contribution in [2.45, 2.75) is 70.1 Å². The van der Waals surface area contributed by atoms with Crippen LogP contribution in [0.25, 0.3) is 0 Å². The zero-order valence-electron chi connectivity index (χ0n) is 23.4. The highest BCUT2D eigenvalue weighted by Crippen LogP contribution is 2.13. The van der Waals surface area contributed by atoms with E-state index in [1.54, 1.807) is 38.1 Å². The second-order valence-electron chi connectivity index (χ2n) is 10.3. The third-order valence-corrected chi connectivity index (χ3v) is 6.55. The van der Waals surface area contributed by atoms with Crippen LogP contribution in [-0.2, 0) is 32.0 Å². The summed E-state index contributed by atoms with van der Waals surface area (Å²) in [7, 11) is 0. The fourth-order valence-corrected chi connectivity index (χ4v) is 4.14. The SMILES string of the molecule is CC(C)C(NC(=O)C(N)Cc1ccc(O)cc1)C(=O)NC(CCCCN)C(=O)NC(Cc1ccc(O)cc1)C(=O)O. The van der Waals surface area contributed by atoms with Gasteiger partial charge in [0.1, 0.15) is 29.6 Å². The predicted molar refractivity (Wildman–Crippen MR) is 153 cm³/mol. The normalized spacial score (nSPS) is 14.0. The van der Waals surface area contributed by atoms with Crippen molar-refractivity contribution < 1.29 is 34.5 Å². The summed E-state index contributed by atoms with van der Waals surface area (Å²) in [6.07, 6.45) is 1.45. The van der Waals surface area contributed by atoms with E-state index >= 15 is 0 Å². The van der Waals surface area contributed by atoms with E-state index in [0.29, 0.717) is 24.9 Å². The monoisotopic (exact) mass is 571 g/mol. The molecule has 0 aliphatic rings. The number of carbonyl (C=O) groups is 4. The molecule has 0 saturated heterocycles. The number of hydrogen-bond acceptors (Lipinski definition) is 8. The molecule has 0 heterocycles. The molecule has 0 bridgehead atoms. The van der Waals surface area contributed by atoms with Gasteiger partial charge in [0.15, 0.2) is 0 Å². The largest absolute Gasteiger partial charge is 0.508 e. The third kappa shape index (κ3) is 11.1. The first-order chi connectivity index (χ1) is 19.4. The number of benzene rings is 2. The molecule has 0 saturated carbocycles. The Kier molecular flexibility index (Phi) is 13.0. The number of aliphatic carboxylic acids is 1. The fourth-order valence-electron chi connectivity index (χ4n) is 4.14. The summed E-state index contributed by atoms with van der Waals surface area (Å²) in [6.45, 7) is 3.85. The molecule has 2 aromatic rings. The van der Waals surface area contributed by atoms with Gasteiger partial charge in [0.2, 0.25) is 17.7 Å². The minimum absolute atomic E-state index is 0.0282. The lowest BCUT2D eigenvalue weighted by molar-refractivity contribution is -0.142. The Bertz CT molecular complexity index is 1160. The third-order valence-electron chi connectivity index (χ3n) is 6.55. The Labute approximate surface area is 239 Å². The maximum absolute atomic E-state index is 13.3. The molecule has 2 rings (SSSR count). The molecule has 0 aliphatic heterocycles. The van der Waals surface area contributed by atoms with E-state index in [4.69, 9.17) is 11.5 Å². The summed E-state index contributed by atoms with van der Waals surface area (Å²) >= 11 is 0. The minimum atomic E-state index is -1.28. The van der Waals surface area contributed by atoms with Crippen LogP contribution in [-0.4, -0.2) is 69.7 Å². The number of carbonyl (C=O) groups excluding carboxylic acids is 3. The van der Waals surface area contributed by atoms with Gasteiger partial charge in [-0.15, -0.1) is 0 Å². The molecule has 4 unspecified atom stereocenters. The van der Waals surface area contributed by atoms with Crippen molar-refractivity contribution >= 4 is 23.7 Å². The summed E-state index contributed by atoms with van der Waals surface area (Å²) in [5.41, 5.74) is 13.0. The Morgan fingerprint density at radius 1 is 0.732 bits per heavy atom. The maximum atomic E-state index is 13.3. The van der Waals surface area contributed by atoms with Crippen LogP contribution in [0.4, 0.5) is 0 Å². The topological polar surface area (TPSA) is 217 Å². The van der Waals surface area contributed by atoms with E-state index in [-0.39, 0.29) is 36.7 Å². The highest BCUT2D eigenvalue weighted by molar-refractivity contribution is 5.94. The summed E-state index contributed by atoms with van der Waals surface area (Å²) in [5.74, 6) is -3.34. The van der Waals surface area contributed by atoms with E-state index in [2.05, 4.69) is 16.0 Å². The Morgan fingerprint density at radius 2 is 1.24 bits per heavy atom. The Balaban J connectivity index is 2.11. The quantitative estimate of drug-likeness (QED) is 0.132. The van der Waals surface area contributed by atoms with Crippen molar-refractivity contribution in [1.82, 2.24) is 16.0 Å². The lowest BCUT2D eigenvalue weighted by Crippen LogP contribution is -2.58. The van der Waals surface area contributed by atoms with Gasteiger partial charge in [0, 0.05) is 6.42 Å². The molecule has 0 spiro atoms. The predicted octanol–water partition coefficient (Wildman–Crippen LogP) is 0.534. The molecule has 2 aromatic carbocycles. The summed E-state index contributed by atoms with van der Waals surface area (Å²) < 4.78 is 0. The fraction of sp³-hybridized carbons (Fsp3) is 0.448. The van der Waals surface area contributed by atoms with Crippen LogP contribution >= 0.6 is 0 Å². The van der Waals surface area contributed by atoms with E-state index in [9.17, 15) is 34.5 Å². The zero-order chi connectivity index (χ0) is 30.5. The lowest BCUT2D eigenvalue weighted by atomic mass is 10.00. The van der Waals surface area contributed by atoms with E-state index in [1.165, 1.54) is 24.3 Å². The number of aromatic hydroxyl groups is 2. The van der Waals surface area contributed by atoms with Crippen LogP contribution in [0.15, 0.2) is 48.5 Å². The first-order valence-corrected chi connectivity index (χ1v) is 13.6. The van der Waals surface area contributed by atoms with Gasteiger partial charge in [0.05, 0.1) is 6.04 Å². The second kappa shape index (κ2) is 16.2. The molecule has 12 heteroatoms. The van der Waals surface area contributed by atoms with E-state index in [1.807, 2.05) is 0 Å². The molecular weight excluding hydrogens is 530 g/mol. The number of rotatable bonds is 16. The van der Waals surface area contributed by atoms with Crippen LogP contribution in [0.5, 0.6) is 11.5 Å². The molecule has 0 aromatic heterocycles. The molecule has 41 heavy (non-hydrogen) atoms. The number of phenols is 2. The molecule has 0 radical (unpaired) electrons. The van der Waals surface area contributed by atoms with E-state index in [0.717, 1.165) is 5.56 Å². The average molecular weight is 572 g/mol. The molecule has 10 N–H and O–H groups in total. The van der Waals surface area contributed by atoms with Gasteiger partial charge in [-0.1, -0.05) is 38.1 Å². The van der Waals surface area contributed by atoms with Gasteiger partial charge in [0.25, 0.3) is 0 Å². The van der Waals surface area contributed by atoms with Gasteiger partial charge < -0.3 is 42.7 Å². The van der Waals surface area contributed by atoms with Crippen LogP contribution < -0.4 is 27.4 Å². The van der Waals surface area contributed by atoms with Gasteiger partial charge in [-0.05, 0) is 73.5 Å². The number of carboxylic acids is 1. The van der Waals surface area contributed by atoms with Crippen molar-refractivity contribution in [1.29, 1.82) is 0 Å². The van der Waals surface area contributed by atoms with Crippen LogP contribution in [0.1, 0.15) is 44.2 Å².